The van der Waals surface area contributed by atoms with Crippen LogP contribution in [0.2, 0.25) is 0 Å². The van der Waals surface area contributed by atoms with E-state index < -0.39 is 0 Å². The molecule has 2 heteroatoms. The van der Waals surface area contributed by atoms with Crippen LogP contribution in [0.3, 0.4) is 0 Å². The van der Waals surface area contributed by atoms with Crippen molar-refractivity contribution in [1.29, 1.82) is 0 Å². The summed E-state index contributed by atoms with van der Waals surface area (Å²) in [5.41, 5.74) is 0.507. The molecule has 0 aromatic rings. The molecule has 0 N–H and O–H groups in total. The summed E-state index contributed by atoms with van der Waals surface area (Å²) in [6.45, 7) is 5.50. The highest BCUT2D eigenvalue weighted by molar-refractivity contribution is 7.99. The minimum Gasteiger partial charge on any atom is -0.367 e. The average Bonchev–Trinajstić information content (AvgIpc) is 2.15. The molecule has 1 aliphatic heterocycles. The van der Waals surface area contributed by atoms with Gasteiger partial charge in [0.25, 0.3) is 0 Å². The van der Waals surface area contributed by atoms with Gasteiger partial charge in [-0.15, -0.1) is 11.8 Å². The van der Waals surface area contributed by atoms with Gasteiger partial charge in [-0.2, -0.15) is 0 Å². The lowest BCUT2D eigenvalue weighted by Crippen LogP contribution is -2.22. The SMILES string of the molecule is CCCCCC[C@H]1OC[C@@H](C)CS1. The first-order valence-corrected chi connectivity index (χ1v) is 6.61. The van der Waals surface area contributed by atoms with E-state index in [0.717, 1.165) is 12.5 Å². The van der Waals surface area contributed by atoms with Gasteiger partial charge >= 0.3 is 0 Å². The molecule has 0 radical (unpaired) electrons. The van der Waals surface area contributed by atoms with Crippen molar-refractivity contribution in [2.75, 3.05) is 12.4 Å². The van der Waals surface area contributed by atoms with Gasteiger partial charge < -0.3 is 4.74 Å². The number of hydrogen-bond acceptors (Lipinski definition) is 2. The third-order valence-electron chi connectivity index (χ3n) is 2.43. The molecule has 1 nitrogen and oxygen atoms in total. The molecule has 1 heterocycles. The van der Waals surface area contributed by atoms with Gasteiger partial charge in [0.1, 0.15) is 5.44 Å². The molecular weight excluding hydrogens is 180 g/mol. The van der Waals surface area contributed by atoms with E-state index in [1.165, 1.54) is 37.9 Å². The van der Waals surface area contributed by atoms with Crippen LogP contribution < -0.4 is 0 Å². The Kier molecular flexibility index (Phi) is 5.88. The Bertz CT molecular complexity index is 119. The molecular formula is C11H22OS. The van der Waals surface area contributed by atoms with Crippen molar-refractivity contribution in [3.8, 4) is 0 Å². The zero-order chi connectivity index (χ0) is 9.52. The monoisotopic (exact) mass is 202 g/mol. The molecule has 1 aliphatic rings. The Morgan fingerprint density at radius 2 is 2.15 bits per heavy atom. The van der Waals surface area contributed by atoms with Gasteiger partial charge in [0, 0.05) is 5.75 Å². The van der Waals surface area contributed by atoms with E-state index in [0.29, 0.717) is 5.44 Å². The van der Waals surface area contributed by atoms with Crippen molar-refractivity contribution in [2.24, 2.45) is 5.92 Å². The van der Waals surface area contributed by atoms with Gasteiger partial charge in [-0.3, -0.25) is 0 Å². The summed E-state index contributed by atoms with van der Waals surface area (Å²) in [5.74, 6) is 2.05. The van der Waals surface area contributed by atoms with Crippen molar-refractivity contribution >= 4 is 11.8 Å². The Morgan fingerprint density at radius 1 is 1.31 bits per heavy atom. The second-order valence-corrected chi connectivity index (χ2v) is 5.24. The van der Waals surface area contributed by atoms with E-state index in [1.807, 2.05) is 11.8 Å². The minimum atomic E-state index is 0.507. The molecule has 78 valence electrons. The molecule has 13 heavy (non-hydrogen) atoms. The predicted molar refractivity (Wildman–Crippen MR) is 60.1 cm³/mol. The van der Waals surface area contributed by atoms with Crippen molar-refractivity contribution < 1.29 is 4.74 Å². The van der Waals surface area contributed by atoms with Gasteiger partial charge in [-0.05, 0) is 18.8 Å². The molecule has 1 rings (SSSR count). The molecule has 0 spiro atoms. The first-order valence-electron chi connectivity index (χ1n) is 5.56. The van der Waals surface area contributed by atoms with Crippen LogP contribution in [0, 0.1) is 5.92 Å². The van der Waals surface area contributed by atoms with Crippen LogP contribution in [0.4, 0.5) is 0 Å². The summed E-state index contributed by atoms with van der Waals surface area (Å²) in [5, 5.41) is 0. The molecule has 0 amide bonds. The number of ether oxygens (including phenoxy) is 1. The molecule has 0 saturated carbocycles. The third-order valence-corrected chi connectivity index (χ3v) is 3.93. The summed E-state index contributed by atoms with van der Waals surface area (Å²) in [4.78, 5) is 0. The molecule has 1 saturated heterocycles. The summed E-state index contributed by atoms with van der Waals surface area (Å²) in [6, 6.07) is 0. The third kappa shape index (κ3) is 4.92. The Labute approximate surface area is 86.6 Å². The predicted octanol–water partition coefficient (Wildman–Crippen LogP) is 3.68. The lowest BCUT2D eigenvalue weighted by atomic mass is 10.1. The molecule has 0 aliphatic carbocycles. The first-order chi connectivity index (χ1) is 6.33. The number of rotatable bonds is 5. The summed E-state index contributed by atoms with van der Waals surface area (Å²) < 4.78 is 5.73. The van der Waals surface area contributed by atoms with Gasteiger partial charge in [0.05, 0.1) is 6.61 Å². The second kappa shape index (κ2) is 6.72. The normalized spacial score (nSPS) is 29.1. The van der Waals surface area contributed by atoms with Crippen molar-refractivity contribution in [3.63, 3.8) is 0 Å². The maximum Gasteiger partial charge on any atom is 0.103 e. The van der Waals surface area contributed by atoms with E-state index in [9.17, 15) is 0 Å². The molecule has 0 bridgehead atoms. The number of hydrogen-bond donors (Lipinski definition) is 0. The van der Waals surface area contributed by atoms with E-state index in [-0.39, 0.29) is 0 Å². The van der Waals surface area contributed by atoms with Crippen molar-refractivity contribution in [3.05, 3.63) is 0 Å². The molecule has 1 fully saturated rings. The highest BCUT2D eigenvalue weighted by atomic mass is 32.2. The lowest BCUT2D eigenvalue weighted by molar-refractivity contribution is 0.0750. The quantitative estimate of drug-likeness (QED) is 0.629. The maximum absolute atomic E-state index is 5.73. The van der Waals surface area contributed by atoms with Gasteiger partial charge in [0.15, 0.2) is 0 Å². The molecule has 2 atom stereocenters. The average molecular weight is 202 g/mol. The topological polar surface area (TPSA) is 9.23 Å². The van der Waals surface area contributed by atoms with Gasteiger partial charge in [0.2, 0.25) is 0 Å². The van der Waals surface area contributed by atoms with Crippen LogP contribution in [-0.2, 0) is 4.74 Å². The zero-order valence-corrected chi connectivity index (χ0v) is 9.74. The zero-order valence-electron chi connectivity index (χ0n) is 8.92. The highest BCUT2D eigenvalue weighted by Gasteiger charge is 2.18. The largest absolute Gasteiger partial charge is 0.367 e. The molecule has 0 aromatic carbocycles. The second-order valence-electron chi connectivity index (χ2n) is 4.05. The Morgan fingerprint density at radius 3 is 2.77 bits per heavy atom. The van der Waals surface area contributed by atoms with E-state index >= 15 is 0 Å². The summed E-state index contributed by atoms with van der Waals surface area (Å²) in [6.07, 6.45) is 6.70. The van der Waals surface area contributed by atoms with Crippen LogP contribution in [-0.4, -0.2) is 17.8 Å². The van der Waals surface area contributed by atoms with Crippen LogP contribution >= 0.6 is 11.8 Å². The molecule has 0 unspecified atom stereocenters. The highest BCUT2D eigenvalue weighted by Crippen LogP contribution is 2.26. The minimum absolute atomic E-state index is 0.507. The Balaban J connectivity index is 1.96. The summed E-state index contributed by atoms with van der Waals surface area (Å²) in [7, 11) is 0. The van der Waals surface area contributed by atoms with Crippen LogP contribution in [0.1, 0.15) is 46.0 Å². The van der Waals surface area contributed by atoms with Crippen LogP contribution in [0.15, 0.2) is 0 Å². The number of unbranched alkanes of at least 4 members (excludes halogenated alkanes) is 3. The van der Waals surface area contributed by atoms with E-state index in [4.69, 9.17) is 4.74 Å². The maximum atomic E-state index is 5.73. The smallest absolute Gasteiger partial charge is 0.103 e. The van der Waals surface area contributed by atoms with E-state index in [2.05, 4.69) is 13.8 Å². The standard InChI is InChI=1S/C11H22OS/c1-3-4-5-6-7-11-12-8-10(2)9-13-11/h10-11H,3-9H2,1-2H3/t10-,11+/m1/s1. The number of thioether (sulfide) groups is 1. The first kappa shape index (κ1) is 11.4. The van der Waals surface area contributed by atoms with Crippen LogP contribution in [0.25, 0.3) is 0 Å². The fourth-order valence-corrected chi connectivity index (χ4v) is 2.69. The van der Waals surface area contributed by atoms with Gasteiger partial charge in [-0.1, -0.05) is 33.1 Å². The fraction of sp³-hybridized carbons (Fsp3) is 1.00. The lowest BCUT2D eigenvalue weighted by Gasteiger charge is -2.26. The molecule has 0 aromatic heterocycles. The fourth-order valence-electron chi connectivity index (χ4n) is 1.54. The van der Waals surface area contributed by atoms with Crippen molar-refractivity contribution in [2.45, 2.75) is 51.4 Å². The van der Waals surface area contributed by atoms with Gasteiger partial charge in [-0.25, -0.2) is 0 Å². The van der Waals surface area contributed by atoms with E-state index in [1.54, 1.807) is 0 Å². The van der Waals surface area contributed by atoms with Crippen LogP contribution in [0.5, 0.6) is 0 Å². The van der Waals surface area contributed by atoms with Crippen molar-refractivity contribution in [1.82, 2.24) is 0 Å². The Hall–Kier alpha value is 0.310. The summed E-state index contributed by atoms with van der Waals surface area (Å²) >= 11 is 2.01.